The molecule has 0 aliphatic carbocycles. The zero-order valence-electron chi connectivity index (χ0n) is 14.6. The van der Waals surface area contributed by atoms with Gasteiger partial charge in [-0.25, -0.2) is 0 Å². The van der Waals surface area contributed by atoms with E-state index in [1.54, 1.807) is 0 Å². The van der Waals surface area contributed by atoms with E-state index in [9.17, 15) is 14.4 Å². The first kappa shape index (κ1) is 30.4. The van der Waals surface area contributed by atoms with Crippen molar-refractivity contribution < 1.29 is 99.0 Å². The van der Waals surface area contributed by atoms with Gasteiger partial charge in [0.1, 0.15) is 0 Å². The molecule has 25 heavy (non-hydrogen) atoms. The van der Waals surface area contributed by atoms with Gasteiger partial charge >= 0.3 is 0 Å². The molecule has 0 spiro atoms. The minimum Gasteiger partial charge on any atom is -0.380 e. The summed E-state index contributed by atoms with van der Waals surface area (Å²) < 4.78 is 5.28. The molecule has 0 saturated carbocycles. The Morgan fingerprint density at radius 1 is 0.880 bits per heavy atom. The van der Waals surface area contributed by atoms with Gasteiger partial charge < -0.3 is 44.1 Å². The second kappa shape index (κ2) is 21.0. The van der Waals surface area contributed by atoms with Gasteiger partial charge in [0.2, 0.25) is 5.91 Å². The van der Waals surface area contributed by atoms with Crippen molar-refractivity contribution in [2.45, 2.75) is 13.3 Å². The van der Waals surface area contributed by atoms with Gasteiger partial charge in [-0.05, 0) is 6.42 Å². The van der Waals surface area contributed by atoms with Crippen molar-refractivity contribution in [3.63, 3.8) is 0 Å². The molecule has 0 aromatic carbocycles. The summed E-state index contributed by atoms with van der Waals surface area (Å²) in [5.74, 6) is -0.867. The fraction of sp³-hybridized carbons (Fsp3) is 0.667. The third kappa shape index (κ3) is 22.7. The summed E-state index contributed by atoms with van der Waals surface area (Å²) in [6.07, 6.45) is 0.942. The van der Waals surface area contributed by atoms with Crippen molar-refractivity contribution in [3.05, 3.63) is 13.8 Å². The molecular weight excluding hydrogens is 615 g/mol. The van der Waals surface area contributed by atoms with Crippen molar-refractivity contribution in [1.82, 2.24) is 20.9 Å². The van der Waals surface area contributed by atoms with E-state index in [1.807, 2.05) is 11.8 Å². The van der Waals surface area contributed by atoms with E-state index in [4.69, 9.17) is 4.74 Å². The third-order valence-electron chi connectivity index (χ3n) is 2.78. The quantitative estimate of drug-likeness (QED) is 0.172. The molecule has 0 bridgehead atoms. The Morgan fingerprint density at radius 3 is 1.84 bits per heavy atom. The standard InChI is InChI=1S/C15H28N4O4.2Gd/c1-4-10-23-11-7-18-15(22)12-19(8-5-16-13(2)20)9-6-17-14(3)21;;/h2-12H2,1H3,(H,16,20)(H,17,21)(H,18,22);;/q-2;;. The third-order valence-corrected chi connectivity index (χ3v) is 2.78. The molecule has 150 valence electrons. The minimum atomic E-state index is -0.367. The summed E-state index contributed by atoms with van der Waals surface area (Å²) in [5, 5.41) is 7.91. The molecule has 10 heteroatoms. The molecule has 0 aromatic heterocycles. The summed E-state index contributed by atoms with van der Waals surface area (Å²) in [7, 11) is 0. The van der Waals surface area contributed by atoms with Crippen LogP contribution >= 0.6 is 0 Å². The minimum absolute atomic E-state index is 0. The van der Waals surface area contributed by atoms with Gasteiger partial charge in [0.05, 0.1) is 25.0 Å². The SMILES string of the molecule is [CH2-]C(=O)NCCN(CCNC([CH2-])=O)CC(=O)NCCOCCC.[Gd].[Gd]. The molecule has 3 amide bonds. The fourth-order valence-electron chi connectivity index (χ4n) is 1.74. The number of nitrogens with zero attached hydrogens (tertiary/aromatic N) is 1. The van der Waals surface area contributed by atoms with Crippen LogP contribution in [0.4, 0.5) is 0 Å². The van der Waals surface area contributed by atoms with E-state index in [2.05, 4.69) is 29.8 Å². The Bertz CT molecular complexity index is 353. The van der Waals surface area contributed by atoms with Crippen molar-refractivity contribution in [3.8, 4) is 0 Å². The van der Waals surface area contributed by atoms with E-state index in [0.717, 1.165) is 6.42 Å². The number of nitrogens with one attached hydrogen (secondary N) is 3. The van der Waals surface area contributed by atoms with E-state index < -0.39 is 0 Å². The molecular formula is C15H28Gd2N4O4-2. The molecule has 0 aliphatic heterocycles. The maximum Gasteiger partial charge on any atom is 0.234 e. The maximum atomic E-state index is 11.9. The van der Waals surface area contributed by atoms with Crippen LogP contribution in [-0.2, 0) is 19.1 Å². The van der Waals surface area contributed by atoms with Gasteiger partial charge in [-0.2, -0.15) is 0 Å². The van der Waals surface area contributed by atoms with Crippen molar-refractivity contribution in [1.29, 1.82) is 0 Å². The Balaban J connectivity index is -0.00000242. The van der Waals surface area contributed by atoms with Gasteiger partial charge in [0.15, 0.2) is 0 Å². The topological polar surface area (TPSA) is 99.8 Å². The zero-order valence-corrected chi connectivity index (χ0v) is 19.1. The molecule has 0 aromatic rings. The van der Waals surface area contributed by atoms with Gasteiger partial charge in [0.25, 0.3) is 0 Å². The van der Waals surface area contributed by atoms with E-state index in [1.165, 1.54) is 0 Å². The van der Waals surface area contributed by atoms with Crippen molar-refractivity contribution in [2.24, 2.45) is 0 Å². The Morgan fingerprint density at radius 2 is 1.40 bits per heavy atom. The van der Waals surface area contributed by atoms with Crippen LogP contribution in [0.3, 0.4) is 0 Å². The molecule has 3 N–H and O–H groups in total. The molecule has 0 radical (unpaired) electrons. The number of carbonyl (C=O) groups excluding carboxylic acids is 3. The first-order valence-corrected chi connectivity index (χ1v) is 7.72. The number of rotatable bonds is 13. The maximum absolute atomic E-state index is 11.9. The van der Waals surface area contributed by atoms with Crippen LogP contribution in [0.5, 0.6) is 0 Å². The number of ether oxygens (including phenoxy) is 1. The normalized spacial score (nSPS) is 9.52. The molecule has 0 aliphatic rings. The molecule has 0 atom stereocenters. The molecule has 8 nitrogen and oxygen atoms in total. The largest absolute Gasteiger partial charge is 0.380 e. The average Bonchev–Trinajstić information content (AvgIpc) is 2.46. The van der Waals surface area contributed by atoms with Crippen LogP contribution in [0.2, 0.25) is 0 Å². The summed E-state index contributed by atoms with van der Waals surface area (Å²) >= 11 is 0. The van der Waals surface area contributed by atoms with Crippen LogP contribution < -0.4 is 16.0 Å². The van der Waals surface area contributed by atoms with Crippen LogP contribution in [-0.4, -0.2) is 75.1 Å². The summed E-state index contributed by atoms with van der Waals surface area (Å²) in [6, 6.07) is 0. The first-order valence-electron chi connectivity index (χ1n) is 7.72. The number of hydrogen-bond donors (Lipinski definition) is 3. The Labute approximate surface area is 214 Å². The van der Waals surface area contributed by atoms with Crippen LogP contribution in [0, 0.1) is 93.7 Å². The smallest absolute Gasteiger partial charge is 0.234 e. The Kier molecular flexibility index (Phi) is 25.6. The van der Waals surface area contributed by atoms with E-state index >= 15 is 0 Å². The number of hydrogen-bond acceptors (Lipinski definition) is 5. The summed E-state index contributed by atoms with van der Waals surface area (Å²) in [5.41, 5.74) is 0. The van der Waals surface area contributed by atoms with E-state index in [0.29, 0.717) is 45.9 Å². The predicted molar refractivity (Wildman–Crippen MR) is 87.3 cm³/mol. The van der Waals surface area contributed by atoms with Gasteiger partial charge in [-0.15, -0.1) is 0 Å². The average molecular weight is 643 g/mol. The monoisotopic (exact) mass is 644 g/mol. The molecule has 0 heterocycles. The number of amides is 3. The molecule has 0 unspecified atom stereocenters. The summed E-state index contributed by atoms with van der Waals surface area (Å²) in [6.45, 7) is 12.0. The molecule has 0 saturated heterocycles. The van der Waals surface area contributed by atoms with Crippen LogP contribution in [0.15, 0.2) is 0 Å². The molecule has 0 rings (SSSR count). The van der Waals surface area contributed by atoms with Crippen molar-refractivity contribution in [2.75, 3.05) is 52.5 Å². The number of carbonyl (C=O) groups is 3. The summed E-state index contributed by atoms with van der Waals surface area (Å²) in [4.78, 5) is 35.3. The Hall–Kier alpha value is 0.719. The van der Waals surface area contributed by atoms with Crippen LogP contribution in [0.1, 0.15) is 13.3 Å². The van der Waals surface area contributed by atoms with Gasteiger partial charge in [-0.1, -0.05) is 6.92 Å². The second-order valence-corrected chi connectivity index (χ2v) is 4.94. The first-order chi connectivity index (χ1) is 11.0. The molecule has 0 fully saturated rings. The van der Waals surface area contributed by atoms with Gasteiger partial charge in [-0.3, -0.25) is 9.69 Å². The van der Waals surface area contributed by atoms with Gasteiger partial charge in [0, 0.05) is 119 Å². The van der Waals surface area contributed by atoms with Crippen LogP contribution in [0.25, 0.3) is 0 Å². The van der Waals surface area contributed by atoms with Crippen molar-refractivity contribution >= 4 is 17.7 Å². The predicted octanol–water partition coefficient (Wildman–Crippen LogP) is -1.27. The second-order valence-electron chi connectivity index (χ2n) is 4.94. The fourth-order valence-corrected chi connectivity index (χ4v) is 1.74. The van der Waals surface area contributed by atoms with E-state index in [-0.39, 0.29) is 104 Å². The zero-order chi connectivity index (χ0) is 17.5.